The van der Waals surface area contributed by atoms with E-state index in [1.165, 1.54) is 0 Å². The van der Waals surface area contributed by atoms with Gasteiger partial charge < -0.3 is 10.2 Å². The molecule has 0 fully saturated rings. The molecule has 2 atom stereocenters. The van der Waals surface area contributed by atoms with Gasteiger partial charge in [-0.2, -0.15) is 0 Å². The van der Waals surface area contributed by atoms with E-state index in [2.05, 4.69) is 0 Å². The minimum Gasteiger partial charge on any atom is -0.386 e. The summed E-state index contributed by atoms with van der Waals surface area (Å²) in [4.78, 5) is 0. The molecule has 0 amide bonds. The number of hydrogen-bond donors (Lipinski definition) is 2. The lowest BCUT2D eigenvalue weighted by Gasteiger charge is -2.18. The van der Waals surface area contributed by atoms with Crippen molar-refractivity contribution >= 4 is 0 Å². The fraction of sp³-hybridized carbons (Fsp3) is 0.600. The second-order valence-corrected chi connectivity index (χ2v) is 2.96. The van der Waals surface area contributed by atoms with Gasteiger partial charge in [-0.25, -0.2) is 0 Å². The lowest BCUT2D eigenvalue weighted by molar-refractivity contribution is 0.0656. The number of aliphatic hydroxyl groups is 2. The van der Waals surface area contributed by atoms with Crippen LogP contribution < -0.4 is 0 Å². The first-order valence-electron chi connectivity index (χ1n) is 4.16. The van der Waals surface area contributed by atoms with Gasteiger partial charge in [0.05, 0.1) is 0 Å². The highest BCUT2D eigenvalue weighted by molar-refractivity contribution is 5.15. The average molecular weight is 170 g/mol. The van der Waals surface area contributed by atoms with Gasteiger partial charge in [0.15, 0.2) is 0 Å². The summed E-state index contributed by atoms with van der Waals surface area (Å²) in [6.07, 6.45) is 2.06. The lowest BCUT2D eigenvalue weighted by atomic mass is 10.0. The monoisotopic (exact) mass is 170 g/mol. The molecular formula is C10H18O2. The highest BCUT2D eigenvalue weighted by Crippen LogP contribution is 2.12. The van der Waals surface area contributed by atoms with E-state index in [0.717, 1.165) is 11.1 Å². The Bertz CT molecular complexity index is 170. The fourth-order valence-electron chi connectivity index (χ4n) is 0.840. The van der Waals surface area contributed by atoms with Crippen LogP contribution in [0.1, 0.15) is 27.7 Å². The lowest BCUT2D eigenvalue weighted by Crippen LogP contribution is -2.27. The molecule has 2 heteroatoms. The molecule has 2 nitrogen and oxygen atoms in total. The first-order chi connectivity index (χ1) is 5.54. The number of allylic oxidation sites excluding steroid dienone is 2. The van der Waals surface area contributed by atoms with Crippen molar-refractivity contribution in [2.75, 3.05) is 0 Å². The van der Waals surface area contributed by atoms with Crippen molar-refractivity contribution in [3.8, 4) is 0 Å². The van der Waals surface area contributed by atoms with E-state index in [0.29, 0.717) is 0 Å². The molecule has 0 saturated heterocycles. The van der Waals surface area contributed by atoms with Gasteiger partial charge in [0.1, 0.15) is 12.2 Å². The molecule has 0 rings (SSSR count). The average Bonchev–Trinajstić information content (AvgIpc) is 2.12. The predicted octanol–water partition coefficient (Wildman–Crippen LogP) is 1.64. The van der Waals surface area contributed by atoms with Crippen LogP contribution in [0.25, 0.3) is 0 Å². The molecule has 0 bridgehead atoms. The minimum atomic E-state index is -0.772. The first kappa shape index (κ1) is 11.4. The number of hydrogen-bond acceptors (Lipinski definition) is 2. The van der Waals surface area contributed by atoms with Gasteiger partial charge >= 0.3 is 0 Å². The van der Waals surface area contributed by atoms with Crippen LogP contribution in [-0.2, 0) is 0 Å². The fourth-order valence-corrected chi connectivity index (χ4v) is 0.840. The largest absolute Gasteiger partial charge is 0.386 e. The van der Waals surface area contributed by atoms with E-state index in [1.54, 1.807) is 26.0 Å². The Morgan fingerprint density at radius 3 is 1.33 bits per heavy atom. The maximum absolute atomic E-state index is 9.53. The highest BCUT2D eigenvalue weighted by atomic mass is 16.3. The molecule has 0 aromatic rings. The van der Waals surface area contributed by atoms with Crippen LogP contribution in [0.4, 0.5) is 0 Å². The zero-order valence-corrected chi connectivity index (χ0v) is 8.20. The van der Waals surface area contributed by atoms with Gasteiger partial charge in [-0.05, 0) is 38.8 Å². The standard InChI is InChI=1S/C10H18O2/c1-5-7(3)9(11)10(12)8(4)6-2/h5-6,9-12H,1-4H3. The first-order valence-corrected chi connectivity index (χ1v) is 4.16. The Kier molecular flexibility index (Phi) is 4.86. The van der Waals surface area contributed by atoms with Crippen LogP contribution in [0, 0.1) is 0 Å². The van der Waals surface area contributed by atoms with E-state index in [-0.39, 0.29) is 0 Å². The minimum absolute atomic E-state index is 0.772. The quantitative estimate of drug-likeness (QED) is 0.632. The second kappa shape index (κ2) is 5.12. The van der Waals surface area contributed by atoms with Gasteiger partial charge in [-0.3, -0.25) is 0 Å². The van der Waals surface area contributed by atoms with Crippen molar-refractivity contribution in [3.63, 3.8) is 0 Å². The Hall–Kier alpha value is -0.600. The van der Waals surface area contributed by atoms with Crippen molar-refractivity contribution in [3.05, 3.63) is 23.3 Å². The summed E-state index contributed by atoms with van der Waals surface area (Å²) < 4.78 is 0. The summed E-state index contributed by atoms with van der Waals surface area (Å²) in [5.41, 5.74) is 1.59. The highest BCUT2D eigenvalue weighted by Gasteiger charge is 2.17. The van der Waals surface area contributed by atoms with Crippen LogP contribution in [0.5, 0.6) is 0 Å². The molecule has 0 aromatic carbocycles. The van der Waals surface area contributed by atoms with Crippen LogP contribution in [0.3, 0.4) is 0 Å². The summed E-state index contributed by atoms with van der Waals surface area (Å²) in [7, 11) is 0. The van der Waals surface area contributed by atoms with E-state index in [4.69, 9.17) is 0 Å². The molecule has 70 valence electrons. The van der Waals surface area contributed by atoms with Crippen molar-refractivity contribution in [2.24, 2.45) is 0 Å². The molecule has 0 aliphatic carbocycles. The van der Waals surface area contributed by atoms with Crippen molar-refractivity contribution in [1.29, 1.82) is 0 Å². The van der Waals surface area contributed by atoms with Crippen LogP contribution >= 0.6 is 0 Å². The SMILES string of the molecule is CC=C(C)C(O)C(O)C(C)=CC. The van der Waals surface area contributed by atoms with E-state index in [9.17, 15) is 10.2 Å². The van der Waals surface area contributed by atoms with E-state index >= 15 is 0 Å². The molecule has 0 radical (unpaired) electrons. The van der Waals surface area contributed by atoms with E-state index in [1.807, 2.05) is 13.8 Å². The third-order valence-corrected chi connectivity index (χ3v) is 2.14. The van der Waals surface area contributed by atoms with Gasteiger partial charge in [-0.1, -0.05) is 12.2 Å². The summed E-state index contributed by atoms with van der Waals surface area (Å²) in [5, 5.41) is 19.1. The van der Waals surface area contributed by atoms with Crippen LogP contribution in [-0.4, -0.2) is 22.4 Å². The summed E-state index contributed by atoms with van der Waals surface area (Å²) in [6.45, 7) is 7.29. The Morgan fingerprint density at radius 1 is 0.917 bits per heavy atom. The Labute approximate surface area is 74.2 Å². The Morgan fingerprint density at radius 2 is 1.17 bits per heavy atom. The van der Waals surface area contributed by atoms with Crippen molar-refractivity contribution < 1.29 is 10.2 Å². The molecule has 0 aliphatic rings. The molecule has 0 aliphatic heterocycles. The zero-order chi connectivity index (χ0) is 9.72. The number of aliphatic hydroxyl groups excluding tert-OH is 2. The maximum atomic E-state index is 9.53. The molecular weight excluding hydrogens is 152 g/mol. The van der Waals surface area contributed by atoms with Crippen molar-refractivity contribution in [1.82, 2.24) is 0 Å². The molecule has 0 spiro atoms. The normalized spacial score (nSPS) is 19.2. The van der Waals surface area contributed by atoms with Gasteiger partial charge in [0, 0.05) is 0 Å². The summed E-state index contributed by atoms with van der Waals surface area (Å²) in [6, 6.07) is 0. The van der Waals surface area contributed by atoms with Crippen LogP contribution in [0.15, 0.2) is 23.3 Å². The summed E-state index contributed by atoms with van der Waals surface area (Å²) in [5.74, 6) is 0. The molecule has 0 saturated carbocycles. The van der Waals surface area contributed by atoms with Gasteiger partial charge in [-0.15, -0.1) is 0 Å². The summed E-state index contributed by atoms with van der Waals surface area (Å²) >= 11 is 0. The molecule has 2 unspecified atom stereocenters. The second-order valence-electron chi connectivity index (χ2n) is 2.96. The molecule has 0 heterocycles. The van der Waals surface area contributed by atoms with Crippen molar-refractivity contribution in [2.45, 2.75) is 39.9 Å². The third kappa shape index (κ3) is 2.80. The smallest absolute Gasteiger partial charge is 0.104 e. The van der Waals surface area contributed by atoms with Crippen LogP contribution in [0.2, 0.25) is 0 Å². The third-order valence-electron chi connectivity index (χ3n) is 2.14. The predicted molar refractivity (Wildman–Crippen MR) is 50.9 cm³/mol. The van der Waals surface area contributed by atoms with Gasteiger partial charge in [0.25, 0.3) is 0 Å². The Balaban J connectivity index is 4.39. The zero-order valence-electron chi connectivity index (χ0n) is 8.20. The maximum Gasteiger partial charge on any atom is 0.104 e. The topological polar surface area (TPSA) is 40.5 Å². The van der Waals surface area contributed by atoms with E-state index < -0.39 is 12.2 Å². The van der Waals surface area contributed by atoms with Gasteiger partial charge in [0.2, 0.25) is 0 Å². The molecule has 0 aromatic heterocycles. The molecule has 2 N–H and O–H groups in total. The molecule has 12 heavy (non-hydrogen) atoms. The number of rotatable bonds is 3.